The normalized spacial score (nSPS) is 29.1. The lowest BCUT2D eigenvalue weighted by Gasteiger charge is -2.32. The summed E-state index contributed by atoms with van der Waals surface area (Å²) in [5.74, 6) is 0. The Balaban J connectivity index is 1.62. The smallest absolute Gasteiger partial charge is 0.0622 e. The first-order valence-corrected chi connectivity index (χ1v) is 6.51. The van der Waals surface area contributed by atoms with Gasteiger partial charge in [-0.3, -0.25) is 4.90 Å². The molecule has 4 nitrogen and oxygen atoms in total. The molecule has 0 aromatic rings. The Hall–Kier alpha value is -0.160. The van der Waals surface area contributed by atoms with Crippen LogP contribution in [0.4, 0.5) is 0 Å². The number of hydrogen-bond acceptors (Lipinski definition) is 4. The zero-order valence-electron chi connectivity index (χ0n) is 10.4. The highest BCUT2D eigenvalue weighted by Crippen LogP contribution is 2.11. The minimum Gasteiger partial charge on any atom is -0.380 e. The summed E-state index contributed by atoms with van der Waals surface area (Å²) in [4.78, 5) is 4.98. The van der Waals surface area contributed by atoms with Gasteiger partial charge in [-0.15, -0.1) is 0 Å². The second kappa shape index (κ2) is 5.96. The van der Waals surface area contributed by atoms with E-state index in [0.29, 0.717) is 12.1 Å². The van der Waals surface area contributed by atoms with Gasteiger partial charge in [-0.1, -0.05) is 0 Å². The van der Waals surface area contributed by atoms with Gasteiger partial charge in [0, 0.05) is 31.8 Å². The van der Waals surface area contributed by atoms with E-state index in [1.54, 1.807) is 0 Å². The summed E-state index contributed by atoms with van der Waals surface area (Å²) in [6.07, 6.45) is 3.52. The number of likely N-dealkylation sites (N-methyl/N-ethyl adjacent to an activating group) is 1. The van der Waals surface area contributed by atoms with Crippen molar-refractivity contribution in [1.29, 1.82) is 0 Å². The second-order valence-corrected chi connectivity index (χ2v) is 5.18. The summed E-state index contributed by atoms with van der Waals surface area (Å²) in [7, 11) is 2.22. The molecule has 0 bridgehead atoms. The first-order valence-electron chi connectivity index (χ1n) is 6.51. The maximum Gasteiger partial charge on any atom is 0.0622 e. The molecule has 2 aliphatic heterocycles. The van der Waals surface area contributed by atoms with Crippen molar-refractivity contribution < 1.29 is 4.74 Å². The van der Waals surface area contributed by atoms with Gasteiger partial charge in [0.25, 0.3) is 0 Å². The highest BCUT2D eigenvalue weighted by Gasteiger charge is 2.21. The molecule has 0 spiro atoms. The van der Waals surface area contributed by atoms with Crippen molar-refractivity contribution in [2.24, 2.45) is 5.73 Å². The van der Waals surface area contributed by atoms with Crippen LogP contribution < -0.4 is 5.73 Å². The van der Waals surface area contributed by atoms with Crippen molar-refractivity contribution in [3.05, 3.63) is 0 Å². The quantitative estimate of drug-likeness (QED) is 0.741. The zero-order valence-corrected chi connectivity index (χ0v) is 10.4. The molecule has 0 aromatic heterocycles. The van der Waals surface area contributed by atoms with Gasteiger partial charge in [0.2, 0.25) is 0 Å². The van der Waals surface area contributed by atoms with Gasteiger partial charge in [0.1, 0.15) is 0 Å². The van der Waals surface area contributed by atoms with E-state index >= 15 is 0 Å². The molecular weight excluding hydrogens is 202 g/mol. The van der Waals surface area contributed by atoms with Crippen LogP contribution in [0.1, 0.15) is 19.3 Å². The largest absolute Gasteiger partial charge is 0.380 e. The van der Waals surface area contributed by atoms with E-state index in [2.05, 4.69) is 16.8 Å². The molecule has 4 heteroatoms. The van der Waals surface area contributed by atoms with Gasteiger partial charge in [0.15, 0.2) is 0 Å². The van der Waals surface area contributed by atoms with E-state index in [4.69, 9.17) is 10.5 Å². The third kappa shape index (κ3) is 3.42. The number of likely N-dealkylation sites (tertiary alicyclic amines) is 1. The first-order chi connectivity index (χ1) is 7.75. The van der Waals surface area contributed by atoms with Crippen molar-refractivity contribution in [3.63, 3.8) is 0 Å². The summed E-state index contributed by atoms with van der Waals surface area (Å²) in [5.41, 5.74) is 5.90. The Morgan fingerprint density at radius 3 is 2.69 bits per heavy atom. The molecule has 16 heavy (non-hydrogen) atoms. The number of piperidine rings is 1. The van der Waals surface area contributed by atoms with E-state index in [1.807, 2.05) is 0 Å². The van der Waals surface area contributed by atoms with Gasteiger partial charge >= 0.3 is 0 Å². The first kappa shape index (κ1) is 12.3. The van der Waals surface area contributed by atoms with E-state index in [0.717, 1.165) is 32.6 Å². The second-order valence-electron chi connectivity index (χ2n) is 5.18. The average molecular weight is 227 g/mol. The van der Waals surface area contributed by atoms with Gasteiger partial charge in [0.05, 0.1) is 6.61 Å². The zero-order chi connectivity index (χ0) is 11.4. The summed E-state index contributed by atoms with van der Waals surface area (Å²) < 4.78 is 5.41. The van der Waals surface area contributed by atoms with Crippen molar-refractivity contribution in [2.75, 3.05) is 46.4 Å². The average Bonchev–Trinajstić information content (AvgIpc) is 2.81. The van der Waals surface area contributed by atoms with E-state index in [9.17, 15) is 0 Å². The molecular formula is C12H25N3O. The standard InChI is InChI=1S/C12H25N3O/c1-14(12-4-9-16-10-12)7-8-15-5-2-11(13)3-6-15/h11-12H,2-10,13H2,1H3. The fourth-order valence-corrected chi connectivity index (χ4v) is 2.53. The Labute approximate surface area is 98.7 Å². The van der Waals surface area contributed by atoms with Crippen LogP contribution in [-0.4, -0.2) is 68.3 Å². The van der Waals surface area contributed by atoms with Crippen LogP contribution in [0.5, 0.6) is 0 Å². The Bertz CT molecular complexity index is 198. The van der Waals surface area contributed by atoms with Gasteiger partial charge in [-0.2, -0.15) is 0 Å². The minimum absolute atomic E-state index is 0.442. The van der Waals surface area contributed by atoms with E-state index < -0.39 is 0 Å². The van der Waals surface area contributed by atoms with Crippen LogP contribution in [0.3, 0.4) is 0 Å². The number of nitrogens with two attached hydrogens (primary N) is 1. The lowest BCUT2D eigenvalue weighted by Crippen LogP contribution is -2.44. The highest BCUT2D eigenvalue weighted by atomic mass is 16.5. The van der Waals surface area contributed by atoms with Crippen LogP contribution in [0.25, 0.3) is 0 Å². The summed E-state index contributed by atoms with van der Waals surface area (Å²) in [6.45, 7) is 6.55. The summed E-state index contributed by atoms with van der Waals surface area (Å²) in [5, 5.41) is 0. The molecule has 1 atom stereocenters. The minimum atomic E-state index is 0.442. The van der Waals surface area contributed by atoms with Crippen LogP contribution in [0.2, 0.25) is 0 Å². The maximum atomic E-state index is 5.90. The molecule has 0 radical (unpaired) electrons. The molecule has 0 amide bonds. The molecule has 0 aromatic carbocycles. The molecule has 2 N–H and O–H groups in total. The van der Waals surface area contributed by atoms with Gasteiger partial charge in [-0.25, -0.2) is 0 Å². The Kier molecular flexibility index (Phi) is 4.58. The maximum absolute atomic E-state index is 5.90. The lowest BCUT2D eigenvalue weighted by atomic mass is 10.1. The Morgan fingerprint density at radius 2 is 2.06 bits per heavy atom. The summed E-state index contributed by atoms with van der Waals surface area (Å²) in [6, 6.07) is 1.09. The van der Waals surface area contributed by atoms with E-state index in [-0.39, 0.29) is 0 Å². The predicted molar refractivity (Wildman–Crippen MR) is 65.5 cm³/mol. The van der Waals surface area contributed by atoms with Crippen molar-refractivity contribution in [2.45, 2.75) is 31.3 Å². The SMILES string of the molecule is CN(CCN1CCC(N)CC1)C1CCOC1. The fourth-order valence-electron chi connectivity index (χ4n) is 2.53. The van der Waals surface area contributed by atoms with Gasteiger partial charge < -0.3 is 15.4 Å². The van der Waals surface area contributed by atoms with Gasteiger partial charge in [-0.05, 0) is 39.4 Å². The number of ether oxygens (including phenoxy) is 1. The molecule has 2 fully saturated rings. The van der Waals surface area contributed by atoms with Crippen LogP contribution in [0.15, 0.2) is 0 Å². The van der Waals surface area contributed by atoms with Crippen LogP contribution in [-0.2, 0) is 4.74 Å². The van der Waals surface area contributed by atoms with Crippen molar-refractivity contribution in [1.82, 2.24) is 9.80 Å². The van der Waals surface area contributed by atoms with Crippen LogP contribution >= 0.6 is 0 Å². The molecule has 94 valence electrons. The molecule has 2 aliphatic rings. The van der Waals surface area contributed by atoms with Crippen molar-refractivity contribution >= 4 is 0 Å². The monoisotopic (exact) mass is 227 g/mol. The topological polar surface area (TPSA) is 41.7 Å². The molecule has 2 saturated heterocycles. The third-order valence-corrected chi connectivity index (χ3v) is 3.93. The molecule has 2 heterocycles. The van der Waals surface area contributed by atoms with Crippen molar-refractivity contribution in [3.8, 4) is 0 Å². The third-order valence-electron chi connectivity index (χ3n) is 3.93. The molecule has 2 rings (SSSR count). The number of hydrogen-bond donors (Lipinski definition) is 1. The highest BCUT2D eigenvalue weighted by molar-refractivity contribution is 4.77. The molecule has 0 aliphatic carbocycles. The van der Waals surface area contributed by atoms with E-state index in [1.165, 1.54) is 26.1 Å². The number of nitrogens with zero attached hydrogens (tertiary/aromatic N) is 2. The predicted octanol–water partition coefficient (Wildman–Crippen LogP) is 0.130. The summed E-state index contributed by atoms with van der Waals surface area (Å²) >= 11 is 0. The number of rotatable bonds is 4. The molecule has 0 saturated carbocycles. The Morgan fingerprint density at radius 1 is 1.31 bits per heavy atom. The molecule has 1 unspecified atom stereocenters. The fraction of sp³-hybridized carbons (Fsp3) is 1.00. The lowest BCUT2D eigenvalue weighted by molar-refractivity contribution is 0.139. The van der Waals surface area contributed by atoms with Crippen LogP contribution in [0, 0.1) is 0 Å².